The fraction of sp³-hybridized carbons (Fsp3) is 0.0909. The third-order valence-electron chi connectivity index (χ3n) is 11.0. The van der Waals surface area contributed by atoms with E-state index in [9.17, 15) is 0 Å². The van der Waals surface area contributed by atoms with Crippen molar-refractivity contribution in [3.05, 3.63) is 169 Å². The number of para-hydroxylation sites is 4. The Balaban J connectivity index is 1.29. The van der Waals surface area contributed by atoms with E-state index in [1.54, 1.807) is 0 Å². The number of allylic oxidation sites excluding steroid dienone is 2. The summed E-state index contributed by atoms with van der Waals surface area (Å²) in [6, 6.07) is 51.1. The van der Waals surface area contributed by atoms with Crippen molar-refractivity contribution in [3.8, 4) is 11.4 Å². The van der Waals surface area contributed by atoms with Gasteiger partial charge in [-0.15, -0.1) is 0 Å². The fourth-order valence-corrected chi connectivity index (χ4v) is 8.67. The molecule has 47 heavy (non-hydrogen) atoms. The Bertz CT molecular complexity index is 2620. The van der Waals surface area contributed by atoms with Crippen molar-refractivity contribution in [1.29, 1.82) is 0 Å². The van der Waals surface area contributed by atoms with Crippen LogP contribution in [0.25, 0.3) is 55.0 Å². The van der Waals surface area contributed by atoms with Crippen molar-refractivity contribution in [2.75, 3.05) is 4.90 Å². The quantitative estimate of drug-likeness (QED) is 0.196. The lowest BCUT2D eigenvalue weighted by Gasteiger charge is -2.45. The van der Waals surface area contributed by atoms with Gasteiger partial charge < -0.3 is 14.0 Å². The number of aromatic nitrogens is 2. The van der Waals surface area contributed by atoms with Gasteiger partial charge in [0.1, 0.15) is 0 Å². The topological polar surface area (TPSA) is 13.1 Å². The Morgan fingerprint density at radius 3 is 1.98 bits per heavy atom. The zero-order valence-electron chi connectivity index (χ0n) is 26.4. The first kappa shape index (κ1) is 26.4. The van der Waals surface area contributed by atoms with Crippen LogP contribution in [0.4, 0.5) is 11.4 Å². The summed E-state index contributed by atoms with van der Waals surface area (Å²) in [4.78, 5) is 2.55. The molecule has 0 radical (unpaired) electrons. The molecule has 10 rings (SSSR count). The van der Waals surface area contributed by atoms with Gasteiger partial charge in [0.05, 0.1) is 27.6 Å². The summed E-state index contributed by atoms with van der Waals surface area (Å²) in [5.74, 6) is 0. The molecule has 0 N–H and O–H groups in total. The molecule has 6 aromatic carbocycles. The predicted octanol–water partition coefficient (Wildman–Crippen LogP) is 11.2. The van der Waals surface area contributed by atoms with Gasteiger partial charge in [-0.3, -0.25) is 0 Å². The molecule has 2 unspecified atom stereocenters. The van der Waals surface area contributed by atoms with E-state index < -0.39 is 0 Å². The minimum Gasteiger partial charge on any atom is -0.330 e. The number of fused-ring (bicyclic) bond motifs is 10. The van der Waals surface area contributed by atoms with Gasteiger partial charge in [0, 0.05) is 49.7 Å². The van der Waals surface area contributed by atoms with Crippen molar-refractivity contribution in [2.45, 2.75) is 24.8 Å². The molecule has 0 bridgehead atoms. The third-order valence-corrected chi connectivity index (χ3v) is 11.0. The first-order valence-electron chi connectivity index (χ1n) is 16.5. The molecule has 1 aliphatic heterocycles. The number of nitrogens with zero attached hydrogens (tertiary/aromatic N) is 3. The molecule has 2 aromatic heterocycles. The molecule has 3 nitrogen and oxygen atoms in total. The molecule has 224 valence electrons. The van der Waals surface area contributed by atoms with Gasteiger partial charge in [0.15, 0.2) is 0 Å². The van der Waals surface area contributed by atoms with Crippen molar-refractivity contribution in [1.82, 2.24) is 9.13 Å². The van der Waals surface area contributed by atoms with Crippen LogP contribution in [0.1, 0.15) is 19.4 Å². The lowest BCUT2D eigenvalue weighted by molar-refractivity contribution is 0.409. The monoisotopic (exact) mass is 603 g/mol. The van der Waals surface area contributed by atoms with E-state index in [4.69, 9.17) is 0 Å². The van der Waals surface area contributed by atoms with Gasteiger partial charge >= 0.3 is 0 Å². The van der Waals surface area contributed by atoms with Crippen molar-refractivity contribution in [3.63, 3.8) is 0 Å². The van der Waals surface area contributed by atoms with E-state index in [-0.39, 0.29) is 11.0 Å². The van der Waals surface area contributed by atoms with Crippen LogP contribution in [-0.2, 0) is 5.41 Å². The number of hydrogen-bond acceptors (Lipinski definition) is 1. The number of anilines is 2. The Kier molecular flexibility index (Phi) is 5.27. The summed E-state index contributed by atoms with van der Waals surface area (Å²) < 4.78 is 4.91. The third kappa shape index (κ3) is 3.36. The standard InChI is InChI=1S/C44H33N3/c1-43-27-12-13-28-44(43,2)47(39-24-11-8-21-36(39)43)32-18-14-17-31(29-32)46-37-22-9-6-19-33(37)34-25-26-40-41(42(34)46)35-20-7-10-23-38(35)45(40)30-15-4-3-5-16-30/h3-29H,1-2H3. The van der Waals surface area contributed by atoms with Crippen molar-refractivity contribution < 1.29 is 0 Å². The van der Waals surface area contributed by atoms with E-state index in [2.05, 4.69) is 192 Å². The molecule has 0 fully saturated rings. The van der Waals surface area contributed by atoms with Gasteiger partial charge in [0.25, 0.3) is 0 Å². The molecule has 3 heterocycles. The summed E-state index contributed by atoms with van der Waals surface area (Å²) in [5, 5.41) is 5.06. The maximum atomic E-state index is 2.55. The molecule has 0 spiro atoms. The smallest absolute Gasteiger partial charge is 0.0737 e. The number of rotatable bonds is 3. The van der Waals surface area contributed by atoms with Crippen molar-refractivity contribution in [2.24, 2.45) is 0 Å². The molecular formula is C44H33N3. The number of hydrogen-bond donors (Lipinski definition) is 0. The summed E-state index contributed by atoms with van der Waals surface area (Å²) >= 11 is 0. The van der Waals surface area contributed by atoms with Gasteiger partial charge in [-0.05, 0) is 74.0 Å². The molecule has 1 aliphatic carbocycles. The highest BCUT2D eigenvalue weighted by Crippen LogP contribution is 2.57. The summed E-state index contributed by atoms with van der Waals surface area (Å²) in [6.45, 7) is 4.75. The molecule has 0 amide bonds. The Hall–Kier alpha value is -5.80. The Morgan fingerprint density at radius 2 is 1.13 bits per heavy atom. The first-order chi connectivity index (χ1) is 23.1. The van der Waals surface area contributed by atoms with E-state index in [1.165, 1.54) is 66.2 Å². The fourth-order valence-electron chi connectivity index (χ4n) is 8.67. The van der Waals surface area contributed by atoms with Gasteiger partial charge in [-0.1, -0.05) is 109 Å². The summed E-state index contributed by atoms with van der Waals surface area (Å²) in [7, 11) is 0. The summed E-state index contributed by atoms with van der Waals surface area (Å²) in [6.07, 6.45) is 9.16. The highest BCUT2D eigenvalue weighted by atomic mass is 15.2. The molecule has 0 saturated heterocycles. The second kappa shape index (κ2) is 9.37. The van der Waals surface area contributed by atoms with Crippen LogP contribution < -0.4 is 4.90 Å². The van der Waals surface area contributed by atoms with Gasteiger partial charge in [0.2, 0.25) is 0 Å². The average molecular weight is 604 g/mol. The maximum Gasteiger partial charge on any atom is 0.0737 e. The van der Waals surface area contributed by atoms with Crippen LogP contribution in [-0.4, -0.2) is 14.7 Å². The summed E-state index contributed by atoms with van der Waals surface area (Å²) in [5.41, 5.74) is 10.6. The van der Waals surface area contributed by atoms with Crippen LogP contribution in [0.2, 0.25) is 0 Å². The second-order valence-corrected chi connectivity index (χ2v) is 13.3. The van der Waals surface area contributed by atoms with Crippen molar-refractivity contribution >= 4 is 55.0 Å². The van der Waals surface area contributed by atoms with Crippen LogP contribution >= 0.6 is 0 Å². The second-order valence-electron chi connectivity index (χ2n) is 13.3. The minimum atomic E-state index is -0.249. The lowest BCUT2D eigenvalue weighted by atomic mass is 9.67. The highest BCUT2D eigenvalue weighted by Gasteiger charge is 2.55. The molecule has 3 heteroatoms. The first-order valence-corrected chi connectivity index (χ1v) is 16.5. The maximum absolute atomic E-state index is 2.55. The van der Waals surface area contributed by atoms with E-state index in [0.29, 0.717) is 0 Å². The van der Waals surface area contributed by atoms with Gasteiger partial charge in [-0.2, -0.15) is 0 Å². The largest absolute Gasteiger partial charge is 0.330 e. The van der Waals surface area contributed by atoms with E-state index in [1.807, 2.05) is 0 Å². The highest BCUT2D eigenvalue weighted by molar-refractivity contribution is 6.26. The minimum absolute atomic E-state index is 0.146. The predicted molar refractivity (Wildman–Crippen MR) is 198 cm³/mol. The zero-order valence-corrected chi connectivity index (χ0v) is 26.4. The zero-order chi connectivity index (χ0) is 31.3. The van der Waals surface area contributed by atoms with Crippen LogP contribution in [0.5, 0.6) is 0 Å². The normalized spacial score (nSPS) is 20.1. The number of benzene rings is 6. The lowest BCUT2D eigenvalue weighted by Crippen LogP contribution is -2.51. The van der Waals surface area contributed by atoms with E-state index >= 15 is 0 Å². The van der Waals surface area contributed by atoms with Crippen LogP contribution in [0.3, 0.4) is 0 Å². The van der Waals surface area contributed by atoms with Gasteiger partial charge in [-0.25, -0.2) is 0 Å². The molecular weight excluding hydrogens is 571 g/mol. The van der Waals surface area contributed by atoms with E-state index in [0.717, 1.165) is 5.69 Å². The molecule has 2 atom stereocenters. The molecule has 2 aliphatic rings. The molecule has 8 aromatic rings. The SMILES string of the molecule is CC12C=CC=CC1(C)N(c1cccc(-n3c4ccccc4c4ccc5c(c6ccccc6n5-c5ccccc5)c43)c1)c1ccccc12. The Labute approximate surface area is 273 Å². The Morgan fingerprint density at radius 1 is 0.468 bits per heavy atom. The molecule has 0 saturated carbocycles. The van der Waals surface area contributed by atoms with Crippen LogP contribution in [0.15, 0.2) is 164 Å². The van der Waals surface area contributed by atoms with Crippen LogP contribution in [0, 0.1) is 0 Å². The average Bonchev–Trinajstić information content (AvgIpc) is 3.70.